The molecule has 1 fully saturated rings. The van der Waals surface area contributed by atoms with Crippen LogP contribution in [0.1, 0.15) is 23.6 Å². The molecule has 2 aliphatic rings. The fourth-order valence-corrected chi connectivity index (χ4v) is 5.22. The van der Waals surface area contributed by atoms with E-state index in [1.807, 2.05) is 11.0 Å². The SMILES string of the molecule is CC1=C(C(N)=O)SC(N2CCN(Cc3cccc(C(F)(F)F)c3)C2=O)N1Cc1cccnc1. The lowest BCUT2D eigenvalue weighted by atomic mass is 10.1. The van der Waals surface area contributed by atoms with E-state index in [0.717, 1.165) is 17.7 Å². The molecule has 0 saturated carbocycles. The molecule has 174 valence electrons. The van der Waals surface area contributed by atoms with E-state index >= 15 is 0 Å². The molecule has 2 aliphatic heterocycles. The van der Waals surface area contributed by atoms with Gasteiger partial charge >= 0.3 is 12.2 Å². The number of hydrogen-bond donors (Lipinski definition) is 1. The highest BCUT2D eigenvalue weighted by molar-refractivity contribution is 8.04. The Hall–Kier alpha value is -3.21. The Morgan fingerprint density at radius 2 is 1.94 bits per heavy atom. The lowest BCUT2D eigenvalue weighted by Gasteiger charge is -2.34. The Bertz CT molecular complexity index is 1090. The molecule has 2 aromatic rings. The van der Waals surface area contributed by atoms with Crippen molar-refractivity contribution in [2.24, 2.45) is 5.73 Å². The van der Waals surface area contributed by atoms with Crippen molar-refractivity contribution in [3.63, 3.8) is 0 Å². The summed E-state index contributed by atoms with van der Waals surface area (Å²) in [6, 6.07) is 8.38. The van der Waals surface area contributed by atoms with Gasteiger partial charge in [0.1, 0.15) is 0 Å². The number of nitrogens with two attached hydrogens (primary N) is 1. The highest BCUT2D eigenvalue weighted by Crippen LogP contribution is 2.41. The minimum Gasteiger partial charge on any atom is -0.365 e. The highest BCUT2D eigenvalue weighted by atomic mass is 32.2. The number of thioether (sulfide) groups is 1. The summed E-state index contributed by atoms with van der Waals surface area (Å²) in [5.74, 6) is -0.566. The molecule has 1 unspecified atom stereocenters. The minimum atomic E-state index is -4.45. The van der Waals surface area contributed by atoms with Gasteiger partial charge < -0.3 is 15.5 Å². The van der Waals surface area contributed by atoms with E-state index < -0.39 is 23.1 Å². The fraction of sp³-hybridized carbons (Fsp3) is 0.318. The van der Waals surface area contributed by atoms with Gasteiger partial charge in [0.15, 0.2) is 5.50 Å². The standard InChI is InChI=1S/C22H22F3N5O2S/c1-14-18(19(26)31)33-21(30(14)13-16-5-3-7-27-11-16)29-9-8-28(20(29)32)12-15-4-2-6-17(10-15)22(23,24)25/h2-7,10-11,21H,8-9,12-13H2,1H3,(H2,26,31). The second-order valence-electron chi connectivity index (χ2n) is 7.81. The molecule has 0 radical (unpaired) electrons. The monoisotopic (exact) mass is 477 g/mol. The first-order valence-electron chi connectivity index (χ1n) is 10.2. The first-order chi connectivity index (χ1) is 15.6. The van der Waals surface area contributed by atoms with E-state index in [4.69, 9.17) is 5.73 Å². The number of carbonyl (C=O) groups is 2. The normalized spacial score (nSPS) is 19.1. The number of aromatic nitrogens is 1. The first-order valence-corrected chi connectivity index (χ1v) is 11.1. The number of amides is 3. The van der Waals surface area contributed by atoms with Gasteiger partial charge in [-0.25, -0.2) is 4.79 Å². The van der Waals surface area contributed by atoms with Crippen LogP contribution in [0.2, 0.25) is 0 Å². The number of halogens is 3. The first kappa shape index (κ1) is 23.0. The van der Waals surface area contributed by atoms with Crippen LogP contribution < -0.4 is 5.73 Å². The van der Waals surface area contributed by atoms with Gasteiger partial charge in [0.05, 0.1) is 10.5 Å². The van der Waals surface area contributed by atoms with Crippen LogP contribution in [0.5, 0.6) is 0 Å². The molecule has 1 saturated heterocycles. The summed E-state index contributed by atoms with van der Waals surface area (Å²) >= 11 is 1.21. The van der Waals surface area contributed by atoms with Crippen molar-refractivity contribution in [1.29, 1.82) is 0 Å². The number of nitrogens with zero attached hydrogens (tertiary/aromatic N) is 4. The molecule has 0 bridgehead atoms. The number of urea groups is 1. The zero-order valence-corrected chi connectivity index (χ0v) is 18.6. The van der Waals surface area contributed by atoms with Gasteiger partial charge in [-0.3, -0.25) is 14.7 Å². The number of allylic oxidation sites excluding steroid dienone is 1. The second kappa shape index (κ2) is 8.97. The Morgan fingerprint density at radius 3 is 2.61 bits per heavy atom. The molecule has 1 aromatic heterocycles. The van der Waals surface area contributed by atoms with Crippen LogP contribution in [-0.2, 0) is 24.1 Å². The molecule has 2 N–H and O–H groups in total. The van der Waals surface area contributed by atoms with E-state index in [1.54, 1.807) is 36.4 Å². The average molecular weight is 478 g/mol. The Labute approximate surface area is 193 Å². The maximum absolute atomic E-state index is 13.2. The third-order valence-electron chi connectivity index (χ3n) is 5.57. The van der Waals surface area contributed by atoms with Crippen LogP contribution in [0.3, 0.4) is 0 Å². The van der Waals surface area contributed by atoms with Gasteiger partial charge in [-0.1, -0.05) is 30.0 Å². The van der Waals surface area contributed by atoms with Gasteiger partial charge in [0.25, 0.3) is 5.91 Å². The molecular weight excluding hydrogens is 455 g/mol. The molecule has 0 aliphatic carbocycles. The summed E-state index contributed by atoms with van der Waals surface area (Å²) in [6.45, 7) is 3.00. The third kappa shape index (κ3) is 4.77. The van der Waals surface area contributed by atoms with E-state index in [-0.39, 0.29) is 12.6 Å². The minimum absolute atomic E-state index is 0.0638. The van der Waals surface area contributed by atoms with Crippen molar-refractivity contribution in [2.45, 2.75) is 31.7 Å². The Balaban J connectivity index is 1.52. The molecule has 11 heteroatoms. The molecule has 0 spiro atoms. The van der Waals surface area contributed by atoms with Crippen LogP contribution >= 0.6 is 11.8 Å². The molecule has 7 nitrogen and oxygen atoms in total. The maximum atomic E-state index is 13.2. The van der Waals surface area contributed by atoms with Crippen molar-refractivity contribution in [2.75, 3.05) is 13.1 Å². The van der Waals surface area contributed by atoms with E-state index in [2.05, 4.69) is 4.98 Å². The predicted molar refractivity (Wildman–Crippen MR) is 117 cm³/mol. The van der Waals surface area contributed by atoms with Crippen LogP contribution in [-0.4, -0.2) is 50.2 Å². The van der Waals surface area contributed by atoms with E-state index in [9.17, 15) is 22.8 Å². The highest BCUT2D eigenvalue weighted by Gasteiger charge is 2.42. The fourth-order valence-electron chi connectivity index (χ4n) is 3.92. The van der Waals surface area contributed by atoms with Gasteiger partial charge in [-0.2, -0.15) is 13.2 Å². The summed E-state index contributed by atoms with van der Waals surface area (Å²) in [5, 5.41) is 0. The molecule has 3 heterocycles. The van der Waals surface area contributed by atoms with Crippen molar-refractivity contribution in [1.82, 2.24) is 19.7 Å². The predicted octanol–water partition coefficient (Wildman–Crippen LogP) is 3.59. The van der Waals surface area contributed by atoms with Crippen LogP contribution in [0.15, 0.2) is 59.4 Å². The number of primary amides is 1. The van der Waals surface area contributed by atoms with Crippen LogP contribution in [0.4, 0.5) is 18.0 Å². The summed E-state index contributed by atoms with van der Waals surface area (Å²) in [5.41, 5.74) is 6.29. The Kier molecular flexibility index (Phi) is 6.24. The lowest BCUT2D eigenvalue weighted by molar-refractivity contribution is -0.137. The third-order valence-corrected chi connectivity index (χ3v) is 7.02. The summed E-state index contributed by atoms with van der Waals surface area (Å²) in [4.78, 5) is 34.7. The largest absolute Gasteiger partial charge is 0.416 e. The number of pyridine rings is 1. The zero-order valence-electron chi connectivity index (χ0n) is 17.7. The van der Waals surface area contributed by atoms with Crippen molar-refractivity contribution in [3.05, 3.63) is 76.1 Å². The Morgan fingerprint density at radius 1 is 1.18 bits per heavy atom. The zero-order chi connectivity index (χ0) is 23.8. The van der Waals surface area contributed by atoms with E-state index in [1.165, 1.54) is 22.7 Å². The number of alkyl halides is 3. The van der Waals surface area contributed by atoms with Gasteiger partial charge in [0, 0.05) is 44.3 Å². The summed E-state index contributed by atoms with van der Waals surface area (Å²) < 4.78 is 39.1. The van der Waals surface area contributed by atoms with Gasteiger partial charge in [-0.15, -0.1) is 0 Å². The quantitative estimate of drug-likeness (QED) is 0.688. The molecule has 4 rings (SSSR count). The molecule has 3 amide bonds. The number of rotatable bonds is 6. The lowest BCUT2D eigenvalue weighted by Crippen LogP contribution is -2.45. The average Bonchev–Trinajstić information content (AvgIpc) is 3.28. The molecular formula is C22H22F3N5O2S. The number of hydrogen-bond acceptors (Lipinski definition) is 5. The summed E-state index contributed by atoms with van der Waals surface area (Å²) in [7, 11) is 0. The molecule has 33 heavy (non-hydrogen) atoms. The van der Waals surface area contributed by atoms with Crippen molar-refractivity contribution in [3.8, 4) is 0 Å². The van der Waals surface area contributed by atoms with Crippen molar-refractivity contribution < 1.29 is 22.8 Å². The van der Waals surface area contributed by atoms with Gasteiger partial charge in [-0.05, 0) is 36.2 Å². The smallest absolute Gasteiger partial charge is 0.365 e. The topological polar surface area (TPSA) is 82.8 Å². The summed E-state index contributed by atoms with van der Waals surface area (Å²) in [6.07, 6.45) is -1.07. The van der Waals surface area contributed by atoms with Crippen LogP contribution in [0, 0.1) is 0 Å². The second-order valence-corrected chi connectivity index (χ2v) is 8.87. The molecule has 1 aromatic carbocycles. The number of benzene rings is 1. The van der Waals surface area contributed by atoms with E-state index in [0.29, 0.717) is 35.8 Å². The molecule has 1 atom stereocenters. The number of carbonyl (C=O) groups excluding carboxylic acids is 2. The maximum Gasteiger partial charge on any atom is 0.416 e. The van der Waals surface area contributed by atoms with Gasteiger partial charge in [0.2, 0.25) is 0 Å². The van der Waals surface area contributed by atoms with Crippen molar-refractivity contribution >= 4 is 23.7 Å². The van der Waals surface area contributed by atoms with Crippen LogP contribution in [0.25, 0.3) is 0 Å².